The zero-order valence-corrected chi connectivity index (χ0v) is 16.2. The molecule has 0 saturated heterocycles. The molecule has 2 unspecified atom stereocenters. The predicted molar refractivity (Wildman–Crippen MR) is 99.5 cm³/mol. The van der Waals surface area contributed by atoms with Gasteiger partial charge >= 0.3 is 0 Å². The number of hydrogen-bond acceptors (Lipinski definition) is 4. The van der Waals surface area contributed by atoms with Gasteiger partial charge in [-0.05, 0) is 74.0 Å². The molecule has 4 nitrogen and oxygen atoms in total. The van der Waals surface area contributed by atoms with Crippen LogP contribution in [-0.4, -0.2) is 30.8 Å². The van der Waals surface area contributed by atoms with Gasteiger partial charge in [-0.1, -0.05) is 19.0 Å². The smallest absolute Gasteiger partial charge is 0.142 e. The summed E-state index contributed by atoms with van der Waals surface area (Å²) in [6, 6.07) is 0. The van der Waals surface area contributed by atoms with E-state index < -0.39 is 6.17 Å². The molecular weight excluding hydrogens is 331 g/mol. The Labute approximate surface area is 156 Å². The Kier molecular flexibility index (Phi) is 4.65. The maximum Gasteiger partial charge on any atom is 0.142 e. The van der Waals surface area contributed by atoms with E-state index in [0.29, 0.717) is 61.2 Å². The van der Waals surface area contributed by atoms with Gasteiger partial charge in [0.15, 0.2) is 0 Å². The fraction of sp³-hybridized carbons (Fsp3) is 0.905. The molecule has 2 N–H and O–H groups in total. The third-order valence-electron chi connectivity index (χ3n) is 8.60. The third-order valence-corrected chi connectivity index (χ3v) is 8.60. The van der Waals surface area contributed by atoms with Gasteiger partial charge in [0.05, 0.1) is 5.71 Å². The van der Waals surface area contributed by atoms with Crippen LogP contribution in [0.25, 0.3) is 0 Å². The minimum atomic E-state index is -1.01. The van der Waals surface area contributed by atoms with E-state index in [0.717, 1.165) is 32.1 Å². The van der Waals surface area contributed by atoms with Crippen molar-refractivity contribution in [2.75, 3.05) is 13.2 Å². The van der Waals surface area contributed by atoms with Crippen LogP contribution in [0.4, 0.5) is 4.39 Å². The highest BCUT2D eigenvalue weighted by Crippen LogP contribution is 2.65. The number of nitrogens with two attached hydrogens (primary N) is 1. The standard InChI is InChI=1S/C21H33FN2O2/c1-20-8-7-16-14(15(20)5-6-19(20)25)4-3-13-11-18(24-26-10-9-23)17(22)12-21(13,16)2/h13-17H,3-12,23H2,1-2H3/t13?,14-,15-,16+,17?,20-,21-/m0/s1. The first-order chi connectivity index (χ1) is 12.4. The Bertz CT molecular complexity index is 609. The van der Waals surface area contributed by atoms with Crippen LogP contribution in [0, 0.1) is 34.5 Å². The van der Waals surface area contributed by atoms with E-state index in [1.807, 2.05) is 0 Å². The maximum atomic E-state index is 15.0. The average Bonchev–Trinajstić information content (AvgIpc) is 2.91. The zero-order chi connectivity index (χ0) is 18.5. The molecule has 5 heteroatoms. The Morgan fingerprint density at radius 1 is 1.23 bits per heavy atom. The van der Waals surface area contributed by atoms with Crippen LogP contribution in [-0.2, 0) is 9.63 Å². The van der Waals surface area contributed by atoms with Crippen molar-refractivity contribution in [3.05, 3.63) is 0 Å². The van der Waals surface area contributed by atoms with Crippen LogP contribution in [0.3, 0.4) is 0 Å². The molecule has 0 aromatic carbocycles. The van der Waals surface area contributed by atoms with E-state index in [9.17, 15) is 9.18 Å². The summed E-state index contributed by atoms with van der Waals surface area (Å²) in [5.74, 6) is 2.63. The summed E-state index contributed by atoms with van der Waals surface area (Å²) in [6.45, 7) is 5.27. The summed E-state index contributed by atoms with van der Waals surface area (Å²) < 4.78 is 15.0. The molecule has 0 radical (unpaired) electrons. The second kappa shape index (κ2) is 6.57. The number of Topliss-reactive ketones (excluding diaryl/α,β-unsaturated/α-hetero) is 1. The molecule has 146 valence electrons. The second-order valence-electron chi connectivity index (χ2n) is 9.66. The number of carbonyl (C=O) groups excluding carboxylic acids is 1. The summed E-state index contributed by atoms with van der Waals surface area (Å²) in [5, 5.41) is 4.07. The highest BCUT2D eigenvalue weighted by molar-refractivity contribution is 5.89. The molecule has 26 heavy (non-hydrogen) atoms. The molecule has 4 rings (SSSR count). The minimum Gasteiger partial charge on any atom is -0.394 e. The number of nitrogens with zero attached hydrogens (tertiary/aromatic N) is 1. The number of oxime groups is 1. The van der Waals surface area contributed by atoms with Gasteiger partial charge in [0.25, 0.3) is 0 Å². The molecule has 7 atom stereocenters. The lowest BCUT2D eigenvalue weighted by atomic mass is 9.45. The molecule has 0 heterocycles. The first-order valence-electron chi connectivity index (χ1n) is 10.5. The fourth-order valence-electron chi connectivity index (χ4n) is 7.12. The quantitative estimate of drug-likeness (QED) is 0.610. The van der Waals surface area contributed by atoms with Crippen LogP contribution in [0.1, 0.15) is 65.2 Å². The fourth-order valence-corrected chi connectivity index (χ4v) is 7.12. The van der Waals surface area contributed by atoms with E-state index in [1.54, 1.807) is 0 Å². The highest BCUT2D eigenvalue weighted by Gasteiger charge is 2.61. The summed E-state index contributed by atoms with van der Waals surface area (Å²) >= 11 is 0. The van der Waals surface area contributed by atoms with Crippen LogP contribution >= 0.6 is 0 Å². The van der Waals surface area contributed by atoms with Crippen molar-refractivity contribution in [2.24, 2.45) is 45.4 Å². The van der Waals surface area contributed by atoms with Crippen molar-refractivity contribution >= 4 is 11.5 Å². The number of rotatable bonds is 3. The van der Waals surface area contributed by atoms with E-state index in [4.69, 9.17) is 10.6 Å². The van der Waals surface area contributed by atoms with Gasteiger partial charge in [-0.3, -0.25) is 4.79 Å². The molecule has 0 aromatic heterocycles. The van der Waals surface area contributed by atoms with Crippen molar-refractivity contribution in [1.82, 2.24) is 0 Å². The summed E-state index contributed by atoms with van der Waals surface area (Å²) in [5.41, 5.74) is 5.94. The van der Waals surface area contributed by atoms with E-state index in [1.165, 1.54) is 6.42 Å². The number of fused-ring (bicyclic) bond motifs is 5. The lowest BCUT2D eigenvalue weighted by Crippen LogP contribution is -2.55. The lowest BCUT2D eigenvalue weighted by molar-refractivity contribution is -0.138. The van der Waals surface area contributed by atoms with Gasteiger partial charge in [-0.2, -0.15) is 0 Å². The van der Waals surface area contributed by atoms with Crippen LogP contribution in [0.5, 0.6) is 0 Å². The Morgan fingerprint density at radius 3 is 2.81 bits per heavy atom. The molecule has 4 aliphatic carbocycles. The molecule has 0 spiro atoms. The molecule has 0 bridgehead atoms. The van der Waals surface area contributed by atoms with Crippen LogP contribution in [0.15, 0.2) is 5.16 Å². The Hall–Kier alpha value is -0.970. The largest absolute Gasteiger partial charge is 0.394 e. The van der Waals surface area contributed by atoms with E-state index >= 15 is 0 Å². The third kappa shape index (κ3) is 2.64. The normalized spacial score (nSPS) is 49.5. The minimum absolute atomic E-state index is 0.0299. The van der Waals surface area contributed by atoms with Gasteiger partial charge in [-0.15, -0.1) is 0 Å². The molecule has 4 aliphatic rings. The molecule has 0 aromatic rings. The van der Waals surface area contributed by atoms with Gasteiger partial charge < -0.3 is 10.6 Å². The summed E-state index contributed by atoms with van der Waals surface area (Å²) in [7, 11) is 0. The van der Waals surface area contributed by atoms with Gasteiger partial charge in [0.1, 0.15) is 18.6 Å². The zero-order valence-electron chi connectivity index (χ0n) is 16.2. The Balaban J connectivity index is 1.55. The van der Waals surface area contributed by atoms with E-state index in [-0.39, 0.29) is 10.8 Å². The van der Waals surface area contributed by atoms with E-state index in [2.05, 4.69) is 19.0 Å². The van der Waals surface area contributed by atoms with Crippen LogP contribution < -0.4 is 5.73 Å². The first kappa shape index (κ1) is 18.4. The summed E-state index contributed by atoms with van der Waals surface area (Å²) in [4.78, 5) is 17.7. The van der Waals surface area contributed by atoms with Crippen molar-refractivity contribution in [3.63, 3.8) is 0 Å². The SMILES string of the molecule is C[C@]12CC(F)C(=NOCCN)CC1CC[C@@H]1[C@H]2CC[C@]2(C)C(=O)CC[C@@H]12. The Morgan fingerprint density at radius 2 is 2.04 bits per heavy atom. The monoisotopic (exact) mass is 364 g/mol. The molecule has 0 aliphatic heterocycles. The molecular formula is C21H33FN2O2. The number of alkyl halides is 1. The van der Waals surface area contributed by atoms with Crippen molar-refractivity contribution in [2.45, 2.75) is 71.4 Å². The second-order valence-corrected chi connectivity index (χ2v) is 9.66. The molecule has 4 fully saturated rings. The van der Waals surface area contributed by atoms with Gasteiger partial charge in [0, 0.05) is 18.4 Å². The van der Waals surface area contributed by atoms with Crippen molar-refractivity contribution in [1.29, 1.82) is 0 Å². The molecule has 0 amide bonds. The van der Waals surface area contributed by atoms with Crippen molar-refractivity contribution in [3.8, 4) is 0 Å². The van der Waals surface area contributed by atoms with Crippen molar-refractivity contribution < 1.29 is 14.0 Å². The van der Waals surface area contributed by atoms with Gasteiger partial charge in [-0.25, -0.2) is 4.39 Å². The lowest BCUT2D eigenvalue weighted by Gasteiger charge is -2.59. The number of ketones is 1. The first-order valence-corrected chi connectivity index (χ1v) is 10.5. The predicted octanol–water partition coefficient (Wildman–Crippen LogP) is 3.88. The maximum absolute atomic E-state index is 15.0. The number of carbonyl (C=O) groups is 1. The van der Waals surface area contributed by atoms with Gasteiger partial charge in [0.2, 0.25) is 0 Å². The number of hydrogen-bond donors (Lipinski definition) is 1. The molecule has 4 saturated carbocycles. The highest BCUT2D eigenvalue weighted by atomic mass is 19.1. The topological polar surface area (TPSA) is 64.7 Å². The van der Waals surface area contributed by atoms with Crippen LogP contribution in [0.2, 0.25) is 0 Å². The number of halogens is 1. The average molecular weight is 365 g/mol. The summed E-state index contributed by atoms with van der Waals surface area (Å²) in [6.07, 6.45) is 6.46.